The fourth-order valence-corrected chi connectivity index (χ4v) is 2.92. The molecule has 0 aliphatic heterocycles. The molecule has 3 rings (SSSR count). The fraction of sp³-hybridized carbons (Fsp3) is 0.0800. The highest BCUT2D eigenvalue weighted by Gasteiger charge is 2.15. The fourth-order valence-electron chi connectivity index (χ4n) is 2.92. The van der Waals surface area contributed by atoms with Gasteiger partial charge in [0, 0.05) is 17.8 Å². The molecule has 176 valence electrons. The smallest absolute Gasteiger partial charge is 0.343 e. The van der Waals surface area contributed by atoms with Gasteiger partial charge in [-0.1, -0.05) is 6.07 Å². The van der Waals surface area contributed by atoms with E-state index in [2.05, 4.69) is 5.32 Å². The van der Waals surface area contributed by atoms with Gasteiger partial charge in [0.1, 0.15) is 17.4 Å². The Morgan fingerprint density at radius 2 is 1.66 bits per heavy atom. The lowest BCUT2D eigenvalue weighted by molar-refractivity contribution is -0.384. The lowest BCUT2D eigenvalue weighted by Crippen LogP contribution is -2.13. The normalized spacial score (nSPS) is 10.6. The molecule has 0 spiro atoms. The highest BCUT2D eigenvalue weighted by molar-refractivity contribution is 6.09. The van der Waals surface area contributed by atoms with Crippen molar-refractivity contribution < 1.29 is 28.7 Å². The monoisotopic (exact) mass is 473 g/mol. The zero-order valence-corrected chi connectivity index (χ0v) is 18.7. The van der Waals surface area contributed by atoms with Crippen molar-refractivity contribution in [3.05, 3.63) is 93.5 Å². The van der Waals surface area contributed by atoms with Gasteiger partial charge in [-0.05, 0) is 60.2 Å². The van der Waals surface area contributed by atoms with Crippen LogP contribution in [0.25, 0.3) is 6.08 Å². The number of non-ortho nitro benzene ring substituents is 1. The number of nitrogens with one attached hydrogen (secondary N) is 1. The van der Waals surface area contributed by atoms with Gasteiger partial charge in [-0.2, -0.15) is 5.26 Å². The highest BCUT2D eigenvalue weighted by atomic mass is 16.6. The van der Waals surface area contributed by atoms with Crippen LogP contribution in [0.4, 0.5) is 11.4 Å². The van der Waals surface area contributed by atoms with Crippen LogP contribution < -0.4 is 19.5 Å². The van der Waals surface area contributed by atoms with E-state index < -0.39 is 16.8 Å². The quantitative estimate of drug-likeness (QED) is 0.127. The molecular formula is C25H19N3O7. The van der Waals surface area contributed by atoms with Crippen LogP contribution in [0.3, 0.4) is 0 Å². The van der Waals surface area contributed by atoms with Crippen molar-refractivity contribution in [3.8, 4) is 23.3 Å². The average Bonchev–Trinajstić information content (AvgIpc) is 2.88. The summed E-state index contributed by atoms with van der Waals surface area (Å²) >= 11 is 0. The van der Waals surface area contributed by atoms with E-state index in [0.29, 0.717) is 22.6 Å². The van der Waals surface area contributed by atoms with Crippen LogP contribution in [0.5, 0.6) is 17.2 Å². The van der Waals surface area contributed by atoms with Gasteiger partial charge in [-0.3, -0.25) is 14.9 Å². The number of nitro groups is 1. The number of benzene rings is 3. The minimum atomic E-state index is -0.699. The predicted molar refractivity (Wildman–Crippen MR) is 126 cm³/mol. The van der Waals surface area contributed by atoms with Crippen molar-refractivity contribution in [2.45, 2.75) is 0 Å². The Hall–Kier alpha value is -5.17. The number of nitriles is 1. The maximum Gasteiger partial charge on any atom is 0.343 e. The first-order valence-corrected chi connectivity index (χ1v) is 10.1. The molecule has 1 N–H and O–H groups in total. The first-order valence-electron chi connectivity index (χ1n) is 10.1. The van der Waals surface area contributed by atoms with Crippen LogP contribution in [0, 0.1) is 21.4 Å². The van der Waals surface area contributed by atoms with Crippen molar-refractivity contribution >= 4 is 29.3 Å². The van der Waals surface area contributed by atoms with Gasteiger partial charge < -0.3 is 19.5 Å². The van der Waals surface area contributed by atoms with Crippen molar-refractivity contribution in [2.24, 2.45) is 0 Å². The van der Waals surface area contributed by atoms with Gasteiger partial charge in [0.05, 0.1) is 24.7 Å². The van der Waals surface area contributed by atoms with Crippen LogP contribution >= 0.6 is 0 Å². The molecule has 35 heavy (non-hydrogen) atoms. The minimum absolute atomic E-state index is 0.126. The molecule has 0 bridgehead atoms. The van der Waals surface area contributed by atoms with Gasteiger partial charge in [-0.15, -0.1) is 0 Å². The van der Waals surface area contributed by atoms with E-state index in [9.17, 15) is 25.0 Å². The third kappa shape index (κ3) is 6.21. The Bertz CT molecular complexity index is 1320. The van der Waals surface area contributed by atoms with Crippen LogP contribution in [-0.2, 0) is 4.79 Å². The SMILES string of the molecule is COc1ccc(C(=O)Oc2ccc(/C=C(\C#N)C(=O)Nc3ccc([N+](=O)[O-])cc3)cc2OC)cc1. The third-order valence-electron chi connectivity index (χ3n) is 4.73. The second-order valence-corrected chi connectivity index (χ2v) is 6.96. The topological polar surface area (TPSA) is 141 Å². The third-order valence-corrected chi connectivity index (χ3v) is 4.73. The van der Waals surface area contributed by atoms with Gasteiger partial charge in [0.25, 0.3) is 11.6 Å². The first-order chi connectivity index (χ1) is 16.8. The number of methoxy groups -OCH3 is 2. The number of hydrogen-bond acceptors (Lipinski definition) is 8. The predicted octanol–water partition coefficient (Wildman–Crippen LogP) is 4.38. The van der Waals surface area contributed by atoms with E-state index in [4.69, 9.17) is 14.2 Å². The summed E-state index contributed by atoms with van der Waals surface area (Å²) in [4.78, 5) is 35.1. The molecule has 0 fully saturated rings. The molecule has 3 aromatic rings. The van der Waals surface area contributed by atoms with E-state index in [1.54, 1.807) is 30.3 Å². The van der Waals surface area contributed by atoms with Crippen molar-refractivity contribution in [3.63, 3.8) is 0 Å². The van der Waals surface area contributed by atoms with Crippen molar-refractivity contribution in [1.82, 2.24) is 0 Å². The Balaban J connectivity index is 1.76. The van der Waals surface area contributed by atoms with E-state index in [1.807, 2.05) is 6.07 Å². The number of rotatable bonds is 8. The van der Waals surface area contributed by atoms with Gasteiger partial charge in [-0.25, -0.2) is 4.79 Å². The highest BCUT2D eigenvalue weighted by Crippen LogP contribution is 2.30. The summed E-state index contributed by atoms with van der Waals surface area (Å²) in [5.74, 6) is -0.334. The zero-order valence-electron chi connectivity index (χ0n) is 18.7. The van der Waals surface area contributed by atoms with Crippen LogP contribution in [0.15, 0.2) is 72.3 Å². The first kappa shape index (κ1) is 24.5. The molecule has 1 amide bonds. The van der Waals surface area contributed by atoms with Crippen molar-refractivity contribution in [1.29, 1.82) is 5.26 Å². The largest absolute Gasteiger partial charge is 0.497 e. The summed E-state index contributed by atoms with van der Waals surface area (Å²) in [6.07, 6.45) is 1.33. The number of nitrogens with zero attached hydrogens (tertiary/aromatic N) is 2. The maximum atomic E-state index is 12.5. The molecule has 0 aromatic heterocycles. The molecule has 3 aromatic carbocycles. The Morgan fingerprint density at radius 3 is 2.23 bits per heavy atom. The van der Waals surface area contributed by atoms with Gasteiger partial charge in [0.2, 0.25) is 0 Å². The molecule has 0 aliphatic carbocycles. The molecule has 0 radical (unpaired) electrons. The summed E-state index contributed by atoms with van der Waals surface area (Å²) < 4.78 is 15.8. The van der Waals surface area contributed by atoms with Crippen LogP contribution in [-0.4, -0.2) is 31.0 Å². The number of ether oxygens (including phenoxy) is 3. The number of amides is 1. The molecule has 10 heteroatoms. The number of anilines is 1. The number of esters is 1. The van der Waals surface area contributed by atoms with Gasteiger partial charge >= 0.3 is 5.97 Å². The molecule has 0 saturated heterocycles. The maximum absolute atomic E-state index is 12.5. The Kier molecular flexibility index (Phi) is 7.77. The number of nitro benzene ring substituents is 1. The van der Waals surface area contributed by atoms with E-state index in [-0.39, 0.29) is 22.8 Å². The molecule has 0 heterocycles. The summed E-state index contributed by atoms with van der Waals surface area (Å²) in [5.41, 5.74) is 0.709. The number of carbonyl (C=O) groups is 2. The van der Waals surface area contributed by atoms with Crippen LogP contribution in [0.1, 0.15) is 15.9 Å². The molecule has 0 saturated carbocycles. The average molecular weight is 473 g/mol. The molecule has 0 unspecified atom stereocenters. The summed E-state index contributed by atoms with van der Waals surface area (Å²) in [6.45, 7) is 0. The Morgan fingerprint density at radius 1 is 0.971 bits per heavy atom. The van der Waals surface area contributed by atoms with Crippen molar-refractivity contribution in [2.75, 3.05) is 19.5 Å². The second kappa shape index (κ2) is 11.1. The molecular weight excluding hydrogens is 454 g/mol. The molecule has 10 nitrogen and oxygen atoms in total. The zero-order chi connectivity index (χ0) is 25.4. The number of hydrogen-bond donors (Lipinski definition) is 1. The summed E-state index contributed by atoms with van der Waals surface area (Å²) in [7, 11) is 2.91. The summed E-state index contributed by atoms with van der Waals surface area (Å²) in [5, 5.41) is 22.7. The molecule has 0 atom stereocenters. The van der Waals surface area contributed by atoms with Crippen LogP contribution in [0.2, 0.25) is 0 Å². The van der Waals surface area contributed by atoms with E-state index in [1.165, 1.54) is 56.7 Å². The van der Waals surface area contributed by atoms with E-state index in [0.717, 1.165) is 0 Å². The number of carbonyl (C=O) groups excluding carboxylic acids is 2. The molecule has 0 aliphatic rings. The minimum Gasteiger partial charge on any atom is -0.497 e. The van der Waals surface area contributed by atoms with Gasteiger partial charge in [0.15, 0.2) is 11.5 Å². The lowest BCUT2D eigenvalue weighted by Gasteiger charge is -2.10. The summed E-state index contributed by atoms with van der Waals surface area (Å²) in [6, 6.07) is 17.9. The Labute approximate surface area is 200 Å². The standard InChI is InChI=1S/C25H19N3O7/c1-33-21-10-4-17(5-11-21)25(30)35-22-12-3-16(14-23(22)34-2)13-18(15-26)24(29)27-19-6-8-20(9-7-19)28(31)32/h3-14H,1-2H3,(H,27,29)/b18-13+. The van der Waals surface area contributed by atoms with E-state index >= 15 is 0 Å². The lowest BCUT2D eigenvalue weighted by atomic mass is 10.1. The second-order valence-electron chi connectivity index (χ2n) is 6.96.